The van der Waals surface area contributed by atoms with Crippen molar-refractivity contribution in [3.05, 3.63) is 42.5 Å². The number of aromatic hydroxyl groups is 1. The summed E-state index contributed by atoms with van der Waals surface area (Å²) in [5, 5.41) is 11.4. The van der Waals surface area contributed by atoms with E-state index in [0.717, 1.165) is 17.4 Å². The van der Waals surface area contributed by atoms with Gasteiger partial charge in [0, 0.05) is 6.61 Å². The average molecular weight is 260 g/mol. The Balaban J connectivity index is 0.000000149. The van der Waals surface area contributed by atoms with Crippen molar-refractivity contribution in [2.24, 2.45) is 0 Å². The summed E-state index contributed by atoms with van der Waals surface area (Å²) in [4.78, 5) is 0. The van der Waals surface area contributed by atoms with E-state index in [-0.39, 0.29) is 0 Å². The molecule has 1 saturated heterocycles. The van der Waals surface area contributed by atoms with Crippen LogP contribution in [0.3, 0.4) is 0 Å². The summed E-state index contributed by atoms with van der Waals surface area (Å²) in [6.45, 7) is 3.33. The third-order valence-electron chi connectivity index (χ3n) is 3.14. The van der Waals surface area contributed by atoms with Crippen molar-refractivity contribution in [2.45, 2.75) is 25.4 Å². The van der Waals surface area contributed by atoms with Crippen LogP contribution in [0.15, 0.2) is 42.5 Å². The molecule has 18 heavy (non-hydrogen) atoms. The molecule has 0 bridgehead atoms. The third kappa shape index (κ3) is 3.86. The maximum Gasteiger partial charge on any atom is 0.173 e. The van der Waals surface area contributed by atoms with Gasteiger partial charge in [0.15, 0.2) is 9.04 Å². The lowest BCUT2D eigenvalue weighted by Gasteiger charge is -2.16. The van der Waals surface area contributed by atoms with Crippen LogP contribution in [0.25, 0.3) is 10.8 Å². The summed E-state index contributed by atoms with van der Waals surface area (Å²) in [5.74, 6) is 0.323. The first-order chi connectivity index (χ1) is 8.75. The van der Waals surface area contributed by atoms with Crippen molar-refractivity contribution in [2.75, 3.05) is 6.61 Å². The van der Waals surface area contributed by atoms with Crippen LogP contribution in [0.2, 0.25) is 12.6 Å². The van der Waals surface area contributed by atoms with E-state index in [1.807, 2.05) is 30.3 Å². The molecule has 96 valence electrons. The molecule has 1 aliphatic heterocycles. The summed E-state index contributed by atoms with van der Waals surface area (Å²) in [7, 11) is -0.595. The molecule has 1 unspecified atom stereocenters. The zero-order valence-corrected chi connectivity index (χ0v) is 12.0. The molecular formula is C15H20O2Si. The first kappa shape index (κ1) is 13.1. The van der Waals surface area contributed by atoms with Gasteiger partial charge in [0.25, 0.3) is 0 Å². The predicted octanol–water partition coefficient (Wildman–Crippen LogP) is 3.70. The Morgan fingerprint density at radius 2 is 1.83 bits per heavy atom. The highest BCUT2D eigenvalue weighted by molar-refractivity contribution is 6.50. The van der Waals surface area contributed by atoms with Crippen molar-refractivity contribution < 1.29 is 9.53 Å². The molecule has 3 heteroatoms. The Morgan fingerprint density at radius 1 is 1.06 bits per heavy atom. The van der Waals surface area contributed by atoms with E-state index < -0.39 is 9.04 Å². The largest absolute Gasteiger partial charge is 0.508 e. The van der Waals surface area contributed by atoms with Gasteiger partial charge in [-0.05, 0) is 41.9 Å². The van der Waals surface area contributed by atoms with Gasteiger partial charge in [0.05, 0.1) is 0 Å². The maximum atomic E-state index is 9.13. The number of benzene rings is 2. The minimum atomic E-state index is -0.595. The van der Waals surface area contributed by atoms with Gasteiger partial charge in [0.2, 0.25) is 0 Å². The fourth-order valence-corrected chi connectivity index (χ4v) is 3.68. The molecule has 2 aromatic rings. The lowest BCUT2D eigenvalue weighted by Crippen LogP contribution is -2.18. The van der Waals surface area contributed by atoms with Crippen LogP contribution in [0, 0.1) is 0 Å². The highest BCUT2D eigenvalue weighted by Gasteiger charge is 2.08. The molecule has 0 aliphatic carbocycles. The molecule has 3 rings (SSSR count). The Kier molecular flexibility index (Phi) is 4.79. The van der Waals surface area contributed by atoms with Gasteiger partial charge >= 0.3 is 0 Å². The van der Waals surface area contributed by atoms with Crippen LogP contribution in [0.1, 0.15) is 12.8 Å². The lowest BCUT2D eigenvalue weighted by molar-refractivity contribution is 0.291. The second-order valence-electron chi connectivity index (χ2n) is 4.71. The van der Waals surface area contributed by atoms with Crippen LogP contribution >= 0.6 is 0 Å². The molecule has 0 aromatic heterocycles. The molecule has 2 aromatic carbocycles. The molecule has 0 spiro atoms. The smallest absolute Gasteiger partial charge is 0.173 e. The highest BCUT2D eigenvalue weighted by Crippen LogP contribution is 2.18. The zero-order chi connectivity index (χ0) is 12.8. The minimum Gasteiger partial charge on any atom is -0.508 e. The van der Waals surface area contributed by atoms with Gasteiger partial charge in [-0.15, -0.1) is 0 Å². The van der Waals surface area contributed by atoms with Crippen LogP contribution in [-0.2, 0) is 4.43 Å². The first-order valence-corrected chi connectivity index (χ1v) is 8.99. The quantitative estimate of drug-likeness (QED) is 0.732. The number of hydrogen-bond acceptors (Lipinski definition) is 2. The molecule has 0 radical (unpaired) electrons. The Hall–Kier alpha value is -1.32. The van der Waals surface area contributed by atoms with E-state index in [1.165, 1.54) is 18.9 Å². The lowest BCUT2D eigenvalue weighted by atomic mass is 10.1. The van der Waals surface area contributed by atoms with E-state index in [0.29, 0.717) is 5.75 Å². The monoisotopic (exact) mass is 260 g/mol. The molecule has 1 N–H and O–H groups in total. The molecule has 1 fully saturated rings. The highest BCUT2D eigenvalue weighted by atomic mass is 28.3. The summed E-state index contributed by atoms with van der Waals surface area (Å²) < 4.78 is 5.42. The van der Waals surface area contributed by atoms with Crippen LogP contribution in [-0.4, -0.2) is 20.8 Å². The fourth-order valence-electron chi connectivity index (χ4n) is 2.08. The van der Waals surface area contributed by atoms with Crippen LogP contribution in [0.4, 0.5) is 0 Å². The van der Waals surface area contributed by atoms with E-state index in [9.17, 15) is 0 Å². The van der Waals surface area contributed by atoms with Gasteiger partial charge in [0.1, 0.15) is 5.75 Å². The van der Waals surface area contributed by atoms with Crippen molar-refractivity contribution in [3.8, 4) is 5.75 Å². The summed E-state index contributed by atoms with van der Waals surface area (Å²) in [5.41, 5.74) is 0. The molecule has 0 amide bonds. The SMILES string of the molecule is C[SiH]1CCCCO1.Oc1ccc2ccccc2c1. The number of hydrogen-bond donors (Lipinski definition) is 1. The number of phenols is 1. The first-order valence-electron chi connectivity index (χ1n) is 6.55. The van der Waals surface area contributed by atoms with E-state index in [2.05, 4.69) is 6.55 Å². The molecule has 1 aliphatic rings. The predicted molar refractivity (Wildman–Crippen MR) is 78.6 cm³/mol. The molecule has 1 atom stereocenters. The second kappa shape index (κ2) is 6.57. The molecular weight excluding hydrogens is 240 g/mol. The van der Waals surface area contributed by atoms with Crippen molar-refractivity contribution in [1.82, 2.24) is 0 Å². The fraction of sp³-hybridized carbons (Fsp3) is 0.333. The van der Waals surface area contributed by atoms with E-state index in [4.69, 9.17) is 9.53 Å². The standard InChI is InChI=1S/C10H8O.C5H12OSi/c11-10-6-5-8-3-1-2-4-9(8)7-10;1-7-5-3-2-4-6-7/h1-7,11H;7H,2-5H2,1H3. The second-order valence-corrected chi connectivity index (χ2v) is 7.24. The number of rotatable bonds is 0. The van der Waals surface area contributed by atoms with Crippen molar-refractivity contribution in [1.29, 1.82) is 0 Å². The minimum absolute atomic E-state index is 0.323. The number of fused-ring (bicyclic) bond motifs is 1. The Labute approximate surface area is 110 Å². The number of phenolic OH excluding ortho intramolecular Hbond substituents is 1. The van der Waals surface area contributed by atoms with E-state index in [1.54, 1.807) is 12.1 Å². The van der Waals surface area contributed by atoms with Crippen molar-refractivity contribution >= 4 is 19.8 Å². The van der Waals surface area contributed by atoms with Crippen LogP contribution in [0.5, 0.6) is 5.75 Å². The molecule has 1 heterocycles. The average Bonchev–Trinajstić information content (AvgIpc) is 2.40. The third-order valence-corrected chi connectivity index (χ3v) is 5.17. The van der Waals surface area contributed by atoms with Gasteiger partial charge in [-0.2, -0.15) is 0 Å². The molecule has 0 saturated carbocycles. The van der Waals surface area contributed by atoms with E-state index >= 15 is 0 Å². The normalized spacial score (nSPS) is 19.1. The van der Waals surface area contributed by atoms with Gasteiger partial charge in [-0.3, -0.25) is 0 Å². The Morgan fingerprint density at radius 3 is 2.44 bits per heavy atom. The van der Waals surface area contributed by atoms with Gasteiger partial charge in [-0.1, -0.05) is 36.8 Å². The topological polar surface area (TPSA) is 29.5 Å². The zero-order valence-electron chi connectivity index (χ0n) is 10.8. The molecule has 2 nitrogen and oxygen atoms in total. The van der Waals surface area contributed by atoms with Crippen LogP contribution < -0.4 is 0 Å². The maximum absolute atomic E-state index is 9.13. The summed E-state index contributed by atoms with van der Waals surface area (Å²) >= 11 is 0. The van der Waals surface area contributed by atoms with Gasteiger partial charge < -0.3 is 9.53 Å². The summed E-state index contributed by atoms with van der Waals surface area (Å²) in [6.07, 6.45) is 2.73. The Bertz CT molecular complexity index is 493. The van der Waals surface area contributed by atoms with Crippen molar-refractivity contribution in [3.63, 3.8) is 0 Å². The summed E-state index contributed by atoms with van der Waals surface area (Å²) in [6, 6.07) is 14.7. The van der Waals surface area contributed by atoms with Gasteiger partial charge in [-0.25, -0.2) is 0 Å².